The number of hydrogen-bond donors (Lipinski definition) is 0. The van der Waals surface area contributed by atoms with Crippen molar-refractivity contribution in [1.82, 2.24) is 9.80 Å². The number of rotatable bonds is 29. The molecule has 0 atom stereocenters. The quantitative estimate of drug-likeness (QED) is 0.0756. The van der Waals surface area contributed by atoms with Gasteiger partial charge >= 0.3 is 0 Å². The van der Waals surface area contributed by atoms with Gasteiger partial charge in [0.2, 0.25) is 0 Å². The van der Waals surface area contributed by atoms with Crippen LogP contribution in [0.1, 0.15) is 162 Å². The summed E-state index contributed by atoms with van der Waals surface area (Å²) in [5.74, 6) is 0. The van der Waals surface area contributed by atoms with E-state index >= 15 is 0 Å². The third-order valence-electron chi connectivity index (χ3n) is 7.43. The van der Waals surface area contributed by atoms with Gasteiger partial charge in [0.25, 0.3) is 0 Å². The Morgan fingerprint density at radius 3 is 1.09 bits per heavy atom. The van der Waals surface area contributed by atoms with Crippen LogP contribution < -0.4 is 0 Å². The van der Waals surface area contributed by atoms with Gasteiger partial charge in [0.05, 0.1) is 0 Å². The molecule has 0 rings (SSSR count). The van der Waals surface area contributed by atoms with Crippen LogP contribution in [0.4, 0.5) is 0 Å². The van der Waals surface area contributed by atoms with E-state index in [4.69, 9.17) is 0 Å². The Morgan fingerprint density at radius 1 is 0.371 bits per heavy atom. The maximum atomic E-state index is 2.74. The molecule has 35 heavy (non-hydrogen) atoms. The van der Waals surface area contributed by atoms with Gasteiger partial charge in [0.1, 0.15) is 0 Å². The molecule has 2 heteroatoms. The maximum Gasteiger partial charge on any atom is 0.0109 e. The lowest BCUT2D eigenvalue weighted by atomic mass is 10.1. The van der Waals surface area contributed by atoms with Crippen molar-refractivity contribution in [3.05, 3.63) is 12.2 Å². The lowest BCUT2D eigenvalue weighted by molar-refractivity contribution is 0.231. The molecule has 0 fully saturated rings. The molecule has 0 N–H and O–H groups in total. The molecule has 0 aliphatic rings. The van der Waals surface area contributed by atoms with Gasteiger partial charge in [-0.05, 0) is 65.7 Å². The topological polar surface area (TPSA) is 6.48 Å². The third kappa shape index (κ3) is 29.8. The number of likely N-dealkylation sites (N-methyl/N-ethyl adjacent to an activating group) is 1. The van der Waals surface area contributed by atoms with Gasteiger partial charge in [-0.2, -0.15) is 0 Å². The zero-order valence-corrected chi connectivity index (χ0v) is 25.1. The standard InChI is InChI=1S/C33H68N2/c1-5-7-9-11-13-14-15-16-17-18-19-20-21-22-23-25-27-29-31-35(33-32-34(3)4)30-28-26-24-12-10-8-6-2/h16-17H,5-15,18-33H2,1-4H3/b17-16-. The highest BCUT2D eigenvalue weighted by atomic mass is 15.2. The van der Waals surface area contributed by atoms with Crippen molar-refractivity contribution in [1.29, 1.82) is 0 Å². The van der Waals surface area contributed by atoms with Crippen LogP contribution >= 0.6 is 0 Å². The lowest BCUT2D eigenvalue weighted by Crippen LogP contribution is -2.33. The Hall–Kier alpha value is -0.340. The fourth-order valence-electron chi connectivity index (χ4n) is 4.91. The molecule has 0 spiro atoms. The first kappa shape index (κ1) is 34.7. The first-order valence-corrected chi connectivity index (χ1v) is 16.2. The normalized spacial score (nSPS) is 12.1. The van der Waals surface area contributed by atoms with Gasteiger partial charge in [0.15, 0.2) is 0 Å². The molecule has 0 aromatic rings. The molecule has 0 aromatic heterocycles. The monoisotopic (exact) mass is 493 g/mol. The second-order valence-corrected chi connectivity index (χ2v) is 11.4. The van der Waals surface area contributed by atoms with Crippen molar-refractivity contribution in [2.45, 2.75) is 162 Å². The van der Waals surface area contributed by atoms with E-state index in [1.807, 2.05) is 0 Å². The van der Waals surface area contributed by atoms with Crippen molar-refractivity contribution < 1.29 is 0 Å². The van der Waals surface area contributed by atoms with Crippen LogP contribution in [-0.2, 0) is 0 Å². The van der Waals surface area contributed by atoms with Gasteiger partial charge in [-0.3, -0.25) is 0 Å². The smallest absolute Gasteiger partial charge is 0.0109 e. The summed E-state index contributed by atoms with van der Waals surface area (Å²) in [6, 6.07) is 0. The second kappa shape index (κ2) is 29.9. The predicted molar refractivity (Wildman–Crippen MR) is 162 cm³/mol. The third-order valence-corrected chi connectivity index (χ3v) is 7.43. The van der Waals surface area contributed by atoms with E-state index in [9.17, 15) is 0 Å². The minimum Gasteiger partial charge on any atom is -0.308 e. The molecule has 0 aromatic carbocycles. The van der Waals surface area contributed by atoms with Gasteiger partial charge in [-0.25, -0.2) is 0 Å². The van der Waals surface area contributed by atoms with Crippen LogP contribution in [0.2, 0.25) is 0 Å². The van der Waals surface area contributed by atoms with Crippen molar-refractivity contribution in [2.24, 2.45) is 0 Å². The predicted octanol–water partition coefficient (Wildman–Crippen LogP) is 10.4. The van der Waals surface area contributed by atoms with Gasteiger partial charge in [-0.15, -0.1) is 0 Å². The second-order valence-electron chi connectivity index (χ2n) is 11.4. The largest absolute Gasteiger partial charge is 0.308 e. The van der Waals surface area contributed by atoms with Gasteiger partial charge < -0.3 is 9.80 Å². The Bertz CT molecular complexity index is 404. The van der Waals surface area contributed by atoms with Crippen LogP contribution in [0.15, 0.2) is 12.2 Å². The van der Waals surface area contributed by atoms with E-state index in [0.29, 0.717) is 0 Å². The summed E-state index contributed by atoms with van der Waals surface area (Å²) in [6.45, 7) is 9.68. The summed E-state index contributed by atoms with van der Waals surface area (Å²) in [6.07, 6.45) is 37.3. The zero-order valence-electron chi connectivity index (χ0n) is 25.1. The summed E-state index contributed by atoms with van der Waals surface area (Å²) >= 11 is 0. The number of unbranched alkanes of at least 4 members (excludes halogenated alkanes) is 20. The zero-order chi connectivity index (χ0) is 25.7. The fraction of sp³-hybridized carbons (Fsp3) is 0.939. The number of allylic oxidation sites excluding steroid dienone is 2. The lowest BCUT2D eigenvalue weighted by Gasteiger charge is -2.24. The van der Waals surface area contributed by atoms with Gasteiger partial charge in [-0.1, -0.05) is 135 Å². The highest BCUT2D eigenvalue weighted by Crippen LogP contribution is 2.12. The minimum atomic E-state index is 1.20. The molecule has 0 heterocycles. The molecule has 210 valence electrons. The van der Waals surface area contributed by atoms with Gasteiger partial charge in [0, 0.05) is 13.1 Å². The molecule has 0 saturated carbocycles. The highest BCUT2D eigenvalue weighted by Gasteiger charge is 2.05. The van der Waals surface area contributed by atoms with Crippen LogP contribution in [0.5, 0.6) is 0 Å². The van der Waals surface area contributed by atoms with E-state index in [2.05, 4.69) is 49.9 Å². The first-order valence-electron chi connectivity index (χ1n) is 16.2. The average Bonchev–Trinajstić information content (AvgIpc) is 2.85. The average molecular weight is 493 g/mol. The summed E-state index contributed by atoms with van der Waals surface area (Å²) in [5, 5.41) is 0. The van der Waals surface area contributed by atoms with Crippen LogP contribution in [0.25, 0.3) is 0 Å². The Morgan fingerprint density at radius 2 is 0.714 bits per heavy atom. The van der Waals surface area contributed by atoms with Crippen molar-refractivity contribution >= 4 is 0 Å². The molecule has 0 aliphatic carbocycles. The number of hydrogen-bond acceptors (Lipinski definition) is 2. The summed E-state index contributed by atoms with van der Waals surface area (Å²) in [7, 11) is 4.41. The van der Waals surface area contributed by atoms with Crippen LogP contribution in [0, 0.1) is 0 Å². The molecule has 0 bridgehead atoms. The van der Waals surface area contributed by atoms with E-state index in [1.165, 1.54) is 174 Å². The Labute approximate surface area is 223 Å². The van der Waals surface area contributed by atoms with Crippen LogP contribution in [0.3, 0.4) is 0 Å². The molecule has 0 aliphatic heterocycles. The van der Waals surface area contributed by atoms with E-state index < -0.39 is 0 Å². The van der Waals surface area contributed by atoms with E-state index in [1.54, 1.807) is 0 Å². The van der Waals surface area contributed by atoms with Crippen LogP contribution in [-0.4, -0.2) is 50.1 Å². The Kier molecular flexibility index (Phi) is 29.6. The van der Waals surface area contributed by atoms with Crippen molar-refractivity contribution in [3.63, 3.8) is 0 Å². The molecular weight excluding hydrogens is 424 g/mol. The molecule has 0 radical (unpaired) electrons. The van der Waals surface area contributed by atoms with Crippen molar-refractivity contribution in [2.75, 3.05) is 40.3 Å². The number of nitrogens with zero attached hydrogens (tertiary/aromatic N) is 2. The fourth-order valence-corrected chi connectivity index (χ4v) is 4.91. The molecular formula is C33H68N2. The van der Waals surface area contributed by atoms with E-state index in [0.717, 1.165) is 0 Å². The summed E-state index contributed by atoms with van der Waals surface area (Å²) in [5.41, 5.74) is 0. The highest BCUT2D eigenvalue weighted by molar-refractivity contribution is 4.81. The van der Waals surface area contributed by atoms with E-state index in [-0.39, 0.29) is 0 Å². The molecule has 2 nitrogen and oxygen atoms in total. The summed E-state index contributed by atoms with van der Waals surface area (Å²) < 4.78 is 0. The maximum absolute atomic E-state index is 2.74. The molecule has 0 amide bonds. The molecule has 0 unspecified atom stereocenters. The SMILES string of the molecule is CCCCCCCC/C=C\CCCCCCCCCCN(CCCCCCCCC)CCN(C)C. The minimum absolute atomic E-state index is 1.20. The first-order chi connectivity index (χ1) is 17.2. The summed E-state index contributed by atoms with van der Waals surface area (Å²) in [4.78, 5) is 5.08. The van der Waals surface area contributed by atoms with Crippen molar-refractivity contribution in [3.8, 4) is 0 Å². The Balaban J connectivity index is 3.54. The molecule has 0 saturated heterocycles.